The van der Waals surface area contributed by atoms with Crippen molar-refractivity contribution in [1.82, 2.24) is 0 Å². The largest absolute Gasteiger partial charge is 0.367 e. The summed E-state index contributed by atoms with van der Waals surface area (Å²) in [6, 6.07) is 10.4. The maximum Gasteiger partial charge on any atom is 0.101 e. The zero-order valence-corrected chi connectivity index (χ0v) is 10.6. The Morgan fingerprint density at radius 3 is 2.53 bits per heavy atom. The molecule has 3 heteroatoms. The minimum atomic E-state index is 0.275. The molecule has 3 nitrogen and oxygen atoms in total. The van der Waals surface area contributed by atoms with Crippen molar-refractivity contribution in [3.8, 4) is 12.1 Å². The van der Waals surface area contributed by atoms with Crippen LogP contribution in [0.4, 0.5) is 5.69 Å². The van der Waals surface area contributed by atoms with Gasteiger partial charge in [0.2, 0.25) is 0 Å². The second kappa shape index (κ2) is 5.92. The lowest BCUT2D eigenvalue weighted by molar-refractivity contribution is 0.684. The smallest absolute Gasteiger partial charge is 0.101 e. The van der Waals surface area contributed by atoms with Crippen LogP contribution in [0.15, 0.2) is 18.2 Å². The standard InChI is InChI=1S/C14H17N3/c1-11(2)17(9-5-8-15)14-12(3)6-4-7-13(14)10-16/h4,6-7,11H,5,9H2,1-3H3. The molecule has 0 spiro atoms. The summed E-state index contributed by atoms with van der Waals surface area (Å²) in [6.07, 6.45) is 0.470. The van der Waals surface area contributed by atoms with Gasteiger partial charge in [0.15, 0.2) is 0 Å². The Labute approximate surface area is 103 Å². The molecule has 0 N–H and O–H groups in total. The van der Waals surface area contributed by atoms with Crippen LogP contribution in [0.3, 0.4) is 0 Å². The summed E-state index contributed by atoms with van der Waals surface area (Å²) in [5, 5.41) is 17.9. The summed E-state index contributed by atoms with van der Waals surface area (Å²) < 4.78 is 0. The molecule has 0 unspecified atom stereocenters. The van der Waals surface area contributed by atoms with Crippen LogP contribution in [-0.2, 0) is 0 Å². The molecule has 0 bridgehead atoms. The highest BCUT2D eigenvalue weighted by atomic mass is 15.2. The van der Waals surface area contributed by atoms with E-state index in [2.05, 4.69) is 30.9 Å². The molecular formula is C14H17N3. The van der Waals surface area contributed by atoms with Gasteiger partial charge >= 0.3 is 0 Å². The summed E-state index contributed by atoms with van der Waals surface area (Å²) in [5.74, 6) is 0. The summed E-state index contributed by atoms with van der Waals surface area (Å²) >= 11 is 0. The van der Waals surface area contributed by atoms with Crippen LogP contribution >= 0.6 is 0 Å². The van der Waals surface area contributed by atoms with Gasteiger partial charge in [-0.1, -0.05) is 12.1 Å². The van der Waals surface area contributed by atoms with Gasteiger partial charge in [0.05, 0.1) is 23.7 Å². The van der Waals surface area contributed by atoms with Crippen LogP contribution in [0.5, 0.6) is 0 Å². The van der Waals surface area contributed by atoms with Crippen molar-refractivity contribution in [3.05, 3.63) is 29.3 Å². The first-order chi connectivity index (χ1) is 8.11. The van der Waals surface area contributed by atoms with Gasteiger partial charge in [-0.05, 0) is 32.4 Å². The third-order valence-electron chi connectivity index (χ3n) is 2.73. The van der Waals surface area contributed by atoms with E-state index >= 15 is 0 Å². The lowest BCUT2D eigenvalue weighted by atomic mass is 10.1. The molecule has 1 aromatic carbocycles. The van der Waals surface area contributed by atoms with Crippen LogP contribution in [0.25, 0.3) is 0 Å². The molecule has 0 aromatic heterocycles. The summed E-state index contributed by atoms with van der Waals surface area (Å²) in [5.41, 5.74) is 2.72. The molecule has 0 aliphatic carbocycles. The number of nitrogens with zero attached hydrogens (tertiary/aromatic N) is 3. The van der Waals surface area contributed by atoms with Crippen LogP contribution in [0, 0.1) is 29.6 Å². The average molecular weight is 227 g/mol. The fraction of sp³-hybridized carbons (Fsp3) is 0.429. The predicted octanol–water partition coefficient (Wildman–Crippen LogP) is 3.00. The van der Waals surface area contributed by atoms with Crippen LogP contribution in [0.2, 0.25) is 0 Å². The van der Waals surface area contributed by atoms with Gasteiger partial charge in [-0.3, -0.25) is 0 Å². The maximum atomic E-state index is 9.16. The fourth-order valence-corrected chi connectivity index (χ4v) is 1.93. The molecule has 0 aliphatic heterocycles. The minimum Gasteiger partial charge on any atom is -0.367 e. The molecule has 0 amide bonds. The van der Waals surface area contributed by atoms with Crippen LogP contribution in [-0.4, -0.2) is 12.6 Å². The first-order valence-corrected chi connectivity index (χ1v) is 5.75. The SMILES string of the molecule is Cc1cccc(C#N)c1N(CCC#N)C(C)C. The van der Waals surface area contributed by atoms with E-state index in [-0.39, 0.29) is 6.04 Å². The van der Waals surface area contributed by atoms with Gasteiger partial charge in [-0.25, -0.2) is 0 Å². The topological polar surface area (TPSA) is 50.8 Å². The van der Waals surface area contributed by atoms with Gasteiger partial charge in [0.1, 0.15) is 6.07 Å². The van der Waals surface area contributed by atoms with E-state index in [9.17, 15) is 0 Å². The number of benzene rings is 1. The Morgan fingerprint density at radius 2 is 2.00 bits per heavy atom. The number of nitriles is 2. The van der Waals surface area contributed by atoms with E-state index in [0.29, 0.717) is 18.5 Å². The number of hydrogen-bond acceptors (Lipinski definition) is 3. The van der Waals surface area contributed by atoms with Crippen molar-refractivity contribution in [2.45, 2.75) is 33.2 Å². The van der Waals surface area contributed by atoms with Gasteiger partial charge < -0.3 is 4.90 Å². The second-order valence-electron chi connectivity index (χ2n) is 4.28. The van der Waals surface area contributed by atoms with E-state index in [4.69, 9.17) is 10.5 Å². The summed E-state index contributed by atoms with van der Waals surface area (Å²) in [7, 11) is 0. The lowest BCUT2D eigenvalue weighted by Crippen LogP contribution is -2.32. The predicted molar refractivity (Wildman–Crippen MR) is 68.6 cm³/mol. The van der Waals surface area contributed by atoms with Gasteiger partial charge in [-0.2, -0.15) is 10.5 Å². The van der Waals surface area contributed by atoms with E-state index in [1.54, 1.807) is 0 Å². The first-order valence-electron chi connectivity index (χ1n) is 5.75. The van der Waals surface area contributed by atoms with Crippen molar-refractivity contribution in [2.24, 2.45) is 0 Å². The Bertz CT molecular complexity index is 463. The molecule has 0 radical (unpaired) electrons. The molecule has 0 atom stereocenters. The highest BCUT2D eigenvalue weighted by molar-refractivity contribution is 5.64. The molecule has 0 fully saturated rings. The Kier molecular flexibility index (Phi) is 4.55. The van der Waals surface area contributed by atoms with Crippen molar-refractivity contribution in [1.29, 1.82) is 10.5 Å². The fourth-order valence-electron chi connectivity index (χ4n) is 1.93. The van der Waals surface area contributed by atoms with Crippen LogP contribution in [0.1, 0.15) is 31.4 Å². The molecule has 0 saturated carbocycles. The maximum absolute atomic E-state index is 9.16. The number of rotatable bonds is 4. The number of para-hydroxylation sites is 1. The van der Waals surface area contributed by atoms with E-state index in [0.717, 1.165) is 11.3 Å². The van der Waals surface area contributed by atoms with Crippen molar-refractivity contribution >= 4 is 5.69 Å². The molecule has 88 valence electrons. The Morgan fingerprint density at radius 1 is 1.29 bits per heavy atom. The lowest BCUT2D eigenvalue weighted by Gasteiger charge is -2.30. The average Bonchev–Trinajstić information content (AvgIpc) is 2.30. The van der Waals surface area contributed by atoms with E-state index in [1.807, 2.05) is 25.1 Å². The number of anilines is 1. The normalized spacial score (nSPS) is 9.76. The Hall–Kier alpha value is -2.00. The number of hydrogen-bond donors (Lipinski definition) is 0. The van der Waals surface area contributed by atoms with E-state index < -0.39 is 0 Å². The first kappa shape index (κ1) is 13.1. The van der Waals surface area contributed by atoms with Crippen molar-refractivity contribution in [3.63, 3.8) is 0 Å². The minimum absolute atomic E-state index is 0.275. The van der Waals surface area contributed by atoms with Gasteiger partial charge in [0, 0.05) is 12.6 Å². The third-order valence-corrected chi connectivity index (χ3v) is 2.73. The summed E-state index contributed by atoms with van der Waals surface area (Å²) in [6.45, 7) is 6.81. The van der Waals surface area contributed by atoms with Crippen LogP contribution < -0.4 is 4.90 Å². The molecule has 0 heterocycles. The Balaban J connectivity index is 3.19. The zero-order chi connectivity index (χ0) is 12.8. The second-order valence-corrected chi connectivity index (χ2v) is 4.28. The zero-order valence-electron chi connectivity index (χ0n) is 10.6. The molecule has 17 heavy (non-hydrogen) atoms. The molecule has 0 aliphatic rings. The molecule has 0 saturated heterocycles. The monoisotopic (exact) mass is 227 g/mol. The van der Waals surface area contributed by atoms with Gasteiger partial charge in [0.25, 0.3) is 0 Å². The third kappa shape index (κ3) is 2.98. The quantitative estimate of drug-likeness (QED) is 0.794. The number of aryl methyl sites for hydroxylation is 1. The summed E-state index contributed by atoms with van der Waals surface area (Å²) in [4.78, 5) is 2.12. The molecule has 1 rings (SSSR count). The van der Waals surface area contributed by atoms with Gasteiger partial charge in [-0.15, -0.1) is 0 Å². The van der Waals surface area contributed by atoms with Crippen molar-refractivity contribution < 1.29 is 0 Å². The van der Waals surface area contributed by atoms with E-state index in [1.165, 1.54) is 0 Å². The van der Waals surface area contributed by atoms with Crippen molar-refractivity contribution in [2.75, 3.05) is 11.4 Å². The molecule has 1 aromatic rings. The molecular weight excluding hydrogens is 210 g/mol. The highest BCUT2D eigenvalue weighted by Gasteiger charge is 2.16. The highest BCUT2D eigenvalue weighted by Crippen LogP contribution is 2.26.